The van der Waals surface area contributed by atoms with Crippen LogP contribution < -0.4 is 60.3 Å². The zero-order valence-electron chi connectivity index (χ0n) is 35.5. The first-order valence-electron chi connectivity index (χ1n) is 19.0. The molecule has 0 fully saturated rings. The van der Waals surface area contributed by atoms with Gasteiger partial charge in [-0.2, -0.15) is 19.2 Å². The fourth-order valence-electron chi connectivity index (χ4n) is 6.61. The van der Waals surface area contributed by atoms with Gasteiger partial charge in [0.2, 0.25) is 11.8 Å². The van der Waals surface area contributed by atoms with Crippen LogP contribution in [-0.2, 0) is 41.6 Å². The first kappa shape index (κ1) is 51.6. The van der Waals surface area contributed by atoms with Gasteiger partial charge in [-0.05, 0) is 99.1 Å². The number of amides is 4. The summed E-state index contributed by atoms with van der Waals surface area (Å²) in [5, 5.41) is 0. The second-order valence-electron chi connectivity index (χ2n) is 13.2. The van der Waals surface area contributed by atoms with Gasteiger partial charge in [0.25, 0.3) is 11.8 Å². The van der Waals surface area contributed by atoms with Crippen LogP contribution in [0.5, 0.6) is 11.5 Å². The number of para-hydroxylation sites is 1. The van der Waals surface area contributed by atoms with E-state index in [-0.39, 0.29) is 83.4 Å². The van der Waals surface area contributed by atoms with Gasteiger partial charge in [0.05, 0.1) is 37.4 Å². The van der Waals surface area contributed by atoms with E-state index in [4.69, 9.17) is 40.1 Å². The number of ether oxygens (including phenoxy) is 2. The Morgan fingerprint density at radius 1 is 0.600 bits per heavy atom. The van der Waals surface area contributed by atoms with E-state index >= 15 is 0 Å². The minimum absolute atomic E-state index is 0. The number of nitrogens with zero attached hydrogens (tertiary/aromatic N) is 6. The monoisotopic (exact) mass is 890 g/mol. The molecule has 0 unspecified atom stereocenters. The van der Waals surface area contributed by atoms with Gasteiger partial charge in [-0.3, -0.25) is 29.0 Å². The Balaban J connectivity index is 0.000000300. The van der Waals surface area contributed by atoms with Crippen LogP contribution in [0.25, 0.3) is 22.8 Å². The molecule has 0 aliphatic carbocycles. The van der Waals surface area contributed by atoms with Crippen LogP contribution in [0.2, 0.25) is 0 Å². The molecule has 2 aromatic heterocycles. The van der Waals surface area contributed by atoms with Gasteiger partial charge < -0.3 is 26.4 Å². The zero-order chi connectivity index (χ0) is 45.6. The predicted octanol–water partition coefficient (Wildman–Crippen LogP) is 1.69. The van der Waals surface area contributed by atoms with Crippen molar-refractivity contribution in [3.63, 3.8) is 0 Å². The first-order chi connectivity index (χ1) is 30.4. The van der Waals surface area contributed by atoms with Gasteiger partial charge in [0, 0.05) is 22.3 Å². The quantitative estimate of drug-likeness (QED) is 0.185. The van der Waals surface area contributed by atoms with Crippen LogP contribution in [0.4, 0.5) is 23.0 Å². The predicted molar refractivity (Wildman–Crippen MR) is 226 cm³/mol. The molecule has 4 amide bonds. The number of carbonyl (C=O) groups is 4. The van der Waals surface area contributed by atoms with E-state index in [1.54, 1.807) is 24.3 Å². The molecule has 6 aromatic rings. The fraction of sp³-hybridized carbons (Fsp3) is 0.156. The Hall–Kier alpha value is -7.76. The van der Waals surface area contributed by atoms with Gasteiger partial charge >= 0.3 is 41.9 Å². The van der Waals surface area contributed by atoms with E-state index < -0.39 is 11.8 Å². The normalized spacial score (nSPS) is 11.4. The van der Waals surface area contributed by atoms with Crippen LogP contribution in [0.1, 0.15) is 51.5 Å². The van der Waals surface area contributed by atoms with Crippen molar-refractivity contribution < 1.29 is 82.9 Å². The largest absolute Gasteiger partial charge is 1.00 e. The molecular formula is C45H39N8NaO11. The van der Waals surface area contributed by atoms with Crippen molar-refractivity contribution in [2.24, 2.45) is 11.5 Å². The average molecular weight is 891 g/mol. The molecule has 0 radical (unpaired) electrons. The molecular weight excluding hydrogens is 852 g/mol. The maximum atomic E-state index is 12.8. The molecule has 2 aliphatic rings. The van der Waals surface area contributed by atoms with Crippen LogP contribution in [0, 0.1) is 6.92 Å². The summed E-state index contributed by atoms with van der Waals surface area (Å²) in [6, 6.07) is 31.2. The van der Waals surface area contributed by atoms with Crippen LogP contribution in [0.15, 0.2) is 103 Å². The molecule has 5 N–H and O–H groups in total. The summed E-state index contributed by atoms with van der Waals surface area (Å²) in [6.45, 7) is 6.90. The minimum Gasteiger partial charge on any atom is -0.870 e. The maximum absolute atomic E-state index is 12.8. The second-order valence-corrected chi connectivity index (χ2v) is 13.2. The van der Waals surface area contributed by atoms with Crippen molar-refractivity contribution in [2.45, 2.75) is 33.6 Å². The summed E-state index contributed by atoms with van der Waals surface area (Å²) in [5.74, 6) is 1.17. The number of benzene rings is 4. The second kappa shape index (κ2) is 24.2. The molecule has 0 saturated heterocycles. The Kier molecular flexibility index (Phi) is 19.2. The summed E-state index contributed by atoms with van der Waals surface area (Å²) in [4.78, 5) is 103. The van der Waals surface area contributed by atoms with Gasteiger partial charge in [0.1, 0.15) is 34.5 Å². The summed E-state index contributed by atoms with van der Waals surface area (Å²) in [6.07, 6.45) is 0.567. The molecule has 0 saturated carbocycles. The molecule has 326 valence electrons. The van der Waals surface area contributed by atoms with Crippen LogP contribution >= 0.6 is 0 Å². The van der Waals surface area contributed by atoms with Gasteiger partial charge in [-0.1, -0.05) is 30.3 Å². The Bertz CT molecular complexity index is 2720. The number of aryl methyl sites for hydroxylation is 1. The topological polar surface area (TPSA) is 295 Å². The SMILES string of the molecule is CCOc1ccc(-c2nc(C(N)=O)c3c(n2)N(c2cccc(C)c2)C(=O)C3)cc1.CCOc1ccc(-c2nc(C(N)=O)c3c(n2)N(c2ccccc2)C(=O)C3)cc1.O=C=O.O=C=O.[Na+].[OH-]. The fourth-order valence-corrected chi connectivity index (χ4v) is 6.61. The third-order valence-electron chi connectivity index (χ3n) is 9.14. The first-order valence-corrected chi connectivity index (χ1v) is 19.0. The van der Waals surface area contributed by atoms with E-state index in [2.05, 4.69) is 19.9 Å². The molecule has 0 spiro atoms. The molecule has 65 heavy (non-hydrogen) atoms. The van der Waals surface area contributed by atoms with Gasteiger partial charge in [0.15, 0.2) is 11.6 Å². The minimum atomic E-state index is -0.687. The Morgan fingerprint density at radius 2 is 0.985 bits per heavy atom. The van der Waals surface area contributed by atoms with Crippen molar-refractivity contribution in [2.75, 3.05) is 23.0 Å². The van der Waals surface area contributed by atoms with E-state index in [1.165, 1.54) is 9.80 Å². The number of hydrogen-bond acceptors (Lipinski definition) is 15. The van der Waals surface area contributed by atoms with Crippen molar-refractivity contribution in [3.8, 4) is 34.3 Å². The molecule has 8 rings (SSSR count). The molecule has 0 bridgehead atoms. The van der Waals surface area contributed by atoms with E-state index in [1.807, 2.05) is 99.6 Å². The van der Waals surface area contributed by atoms with Crippen molar-refractivity contribution in [3.05, 3.63) is 131 Å². The summed E-state index contributed by atoms with van der Waals surface area (Å²) < 4.78 is 10.9. The average Bonchev–Trinajstić information content (AvgIpc) is 3.79. The third-order valence-corrected chi connectivity index (χ3v) is 9.14. The maximum Gasteiger partial charge on any atom is 1.00 e. The van der Waals surface area contributed by atoms with Crippen molar-refractivity contribution in [1.82, 2.24) is 19.9 Å². The summed E-state index contributed by atoms with van der Waals surface area (Å²) >= 11 is 0. The summed E-state index contributed by atoms with van der Waals surface area (Å²) in [5.41, 5.74) is 16.0. The standard InChI is InChI=1S/C22H20N4O3.C21H18N4O3.2CO2.Na.H2O/c1-3-29-16-9-7-14(8-10-16)21-24-19(20(23)28)17-12-18(27)26(22(17)25-21)15-6-4-5-13(2)11-15;1-2-28-15-10-8-13(9-11-15)20-23-18(19(22)27)16-12-17(26)25(21(16)24-20)14-6-4-3-5-7-14;2*2-1-3;;/h4-11H,3,12H2,1-2H3,(H2,23,28);3-11H,2,12H2,1H3,(H2,22,27);;;;1H2/q;;;;+1;/p-1. The molecule has 20 heteroatoms. The van der Waals surface area contributed by atoms with Crippen molar-refractivity contribution in [1.29, 1.82) is 0 Å². The van der Waals surface area contributed by atoms with Gasteiger partial charge in [-0.15, -0.1) is 0 Å². The molecule has 2 aliphatic heterocycles. The van der Waals surface area contributed by atoms with E-state index in [9.17, 15) is 19.2 Å². The number of aromatic nitrogens is 4. The Morgan fingerprint density at radius 3 is 1.35 bits per heavy atom. The Labute approximate surface area is 393 Å². The number of rotatable bonds is 10. The number of hydrogen-bond donors (Lipinski definition) is 2. The number of nitrogens with two attached hydrogens (primary N) is 2. The third kappa shape index (κ3) is 12.2. The van der Waals surface area contributed by atoms with Crippen molar-refractivity contribution >= 4 is 58.9 Å². The van der Waals surface area contributed by atoms with Crippen LogP contribution in [-0.4, -0.2) is 74.6 Å². The van der Waals surface area contributed by atoms with E-state index in [0.717, 1.165) is 17.1 Å². The number of carbonyl (C=O) groups excluding carboxylic acids is 8. The number of fused-ring (bicyclic) bond motifs is 2. The number of primary amides is 2. The smallest absolute Gasteiger partial charge is 0.870 e. The zero-order valence-corrected chi connectivity index (χ0v) is 37.5. The molecule has 0 atom stereocenters. The molecule has 4 aromatic carbocycles. The van der Waals surface area contributed by atoms with Crippen LogP contribution in [0.3, 0.4) is 0 Å². The molecule has 19 nitrogen and oxygen atoms in total. The summed E-state index contributed by atoms with van der Waals surface area (Å²) in [7, 11) is 0. The number of anilines is 4. The van der Waals surface area contributed by atoms with E-state index in [0.29, 0.717) is 70.1 Å². The molecule has 4 heterocycles. The van der Waals surface area contributed by atoms with Gasteiger partial charge in [-0.25, -0.2) is 19.9 Å².